The van der Waals surface area contributed by atoms with Gasteiger partial charge in [-0.15, -0.1) is 5.10 Å². The number of aromatic nitrogens is 3. The van der Waals surface area contributed by atoms with Gasteiger partial charge >= 0.3 is 0 Å². The van der Waals surface area contributed by atoms with Crippen LogP contribution in [0.2, 0.25) is 0 Å². The Hall–Kier alpha value is -2.66. The van der Waals surface area contributed by atoms with Crippen molar-refractivity contribution < 1.29 is 17.5 Å². The topological polar surface area (TPSA) is 112 Å². The Morgan fingerprint density at radius 2 is 1.94 bits per heavy atom. The molecule has 2 fully saturated rings. The maximum Gasteiger partial charge on any atom is 0.238 e. The average molecular weight is 472 g/mol. The second kappa shape index (κ2) is 8.94. The van der Waals surface area contributed by atoms with Gasteiger partial charge < -0.3 is 10.1 Å². The van der Waals surface area contributed by atoms with Gasteiger partial charge in [-0.05, 0) is 42.5 Å². The molecule has 1 aromatic heterocycles. The summed E-state index contributed by atoms with van der Waals surface area (Å²) < 4.78 is 45.2. The Labute approximate surface area is 192 Å². The molecule has 1 aliphatic carbocycles. The van der Waals surface area contributed by atoms with Gasteiger partial charge in [-0.1, -0.05) is 30.3 Å². The zero-order valence-corrected chi connectivity index (χ0v) is 18.8. The van der Waals surface area contributed by atoms with E-state index in [-0.39, 0.29) is 16.6 Å². The minimum atomic E-state index is -4.01. The Balaban J connectivity index is 1.43. The zero-order valence-electron chi connectivity index (χ0n) is 18.0. The SMILES string of the molecule is NS(=O)(=O)c1ccc(-n2nc(CN[C@@H]3COC[C@@H]3C3CC3)nc2Cc2ccccc2)c(F)c1. The van der Waals surface area contributed by atoms with Crippen molar-refractivity contribution >= 4 is 10.0 Å². The third-order valence-electron chi connectivity index (χ3n) is 6.27. The summed E-state index contributed by atoms with van der Waals surface area (Å²) in [5.41, 5.74) is 1.12. The number of nitrogens with one attached hydrogen (secondary N) is 1. The van der Waals surface area contributed by atoms with Crippen LogP contribution in [0.25, 0.3) is 5.69 Å². The predicted octanol–water partition coefficient (Wildman–Crippen LogP) is 2.16. The molecule has 0 bridgehead atoms. The molecule has 2 aromatic carbocycles. The predicted molar refractivity (Wildman–Crippen MR) is 120 cm³/mol. The van der Waals surface area contributed by atoms with Crippen LogP contribution in [-0.4, -0.2) is 42.4 Å². The van der Waals surface area contributed by atoms with Gasteiger partial charge in [0, 0.05) is 18.4 Å². The minimum absolute atomic E-state index is 0.118. The number of hydrogen-bond donors (Lipinski definition) is 2. The molecular weight excluding hydrogens is 445 g/mol. The molecule has 3 N–H and O–H groups in total. The van der Waals surface area contributed by atoms with Crippen LogP contribution in [0.4, 0.5) is 4.39 Å². The van der Waals surface area contributed by atoms with Gasteiger partial charge in [-0.25, -0.2) is 27.6 Å². The molecule has 0 radical (unpaired) electrons. The van der Waals surface area contributed by atoms with Crippen molar-refractivity contribution in [1.29, 1.82) is 0 Å². The van der Waals surface area contributed by atoms with Crippen LogP contribution in [0.1, 0.15) is 30.1 Å². The number of primary sulfonamides is 1. The second-order valence-corrected chi connectivity index (χ2v) is 10.3. The highest BCUT2D eigenvalue weighted by molar-refractivity contribution is 7.89. The summed E-state index contributed by atoms with van der Waals surface area (Å²) in [4.78, 5) is 4.39. The average Bonchev–Trinajstić information content (AvgIpc) is 3.39. The van der Waals surface area contributed by atoms with E-state index in [1.807, 2.05) is 30.3 Å². The van der Waals surface area contributed by atoms with Crippen LogP contribution in [0.15, 0.2) is 53.4 Å². The summed E-state index contributed by atoms with van der Waals surface area (Å²) in [7, 11) is -4.01. The van der Waals surface area contributed by atoms with Gasteiger partial charge in [-0.3, -0.25) is 0 Å². The highest BCUT2D eigenvalue weighted by atomic mass is 32.2. The monoisotopic (exact) mass is 471 g/mol. The lowest BCUT2D eigenvalue weighted by molar-refractivity contribution is 0.179. The van der Waals surface area contributed by atoms with E-state index in [0.717, 1.165) is 24.2 Å². The molecule has 2 atom stereocenters. The van der Waals surface area contributed by atoms with E-state index >= 15 is 0 Å². The number of nitrogens with zero attached hydrogens (tertiary/aromatic N) is 3. The fraction of sp³-hybridized carbons (Fsp3) is 0.391. The standard InChI is InChI=1S/C23H26FN5O3S/c24-19-11-17(33(25,30)31)8-9-21(19)29-23(10-15-4-2-1-3-5-15)27-22(28-29)12-26-20-14-32-13-18(20)16-6-7-16/h1-5,8-9,11,16,18,20,26H,6-7,10,12-14H2,(H2,25,30,31)/t18-,20-/m1/s1. The van der Waals surface area contributed by atoms with Crippen LogP contribution >= 0.6 is 0 Å². The van der Waals surface area contributed by atoms with Crippen molar-refractivity contribution in [2.45, 2.75) is 36.7 Å². The molecule has 5 rings (SSSR count). The molecule has 2 heterocycles. The van der Waals surface area contributed by atoms with Crippen molar-refractivity contribution in [2.24, 2.45) is 17.0 Å². The molecule has 0 unspecified atom stereocenters. The highest BCUT2D eigenvalue weighted by Crippen LogP contribution is 2.40. The van der Waals surface area contributed by atoms with E-state index in [9.17, 15) is 12.8 Å². The fourth-order valence-corrected chi connectivity index (χ4v) is 4.91. The van der Waals surface area contributed by atoms with Gasteiger partial charge in [-0.2, -0.15) is 0 Å². The fourth-order valence-electron chi connectivity index (χ4n) is 4.38. The second-order valence-electron chi connectivity index (χ2n) is 8.70. The van der Waals surface area contributed by atoms with Crippen molar-refractivity contribution in [3.8, 4) is 5.69 Å². The van der Waals surface area contributed by atoms with E-state index in [4.69, 9.17) is 9.88 Å². The lowest BCUT2D eigenvalue weighted by Crippen LogP contribution is -2.36. The Morgan fingerprint density at radius 3 is 2.64 bits per heavy atom. The quantitative estimate of drug-likeness (QED) is 0.521. The van der Waals surface area contributed by atoms with Crippen molar-refractivity contribution in [1.82, 2.24) is 20.1 Å². The number of benzene rings is 2. The molecule has 0 amide bonds. The molecule has 2 aliphatic rings. The van der Waals surface area contributed by atoms with Gasteiger partial charge in [0.1, 0.15) is 17.3 Å². The van der Waals surface area contributed by atoms with Crippen LogP contribution in [0, 0.1) is 17.7 Å². The summed E-state index contributed by atoms with van der Waals surface area (Å²) in [6, 6.07) is 13.5. The zero-order chi connectivity index (χ0) is 23.0. The molecule has 10 heteroatoms. The summed E-state index contributed by atoms with van der Waals surface area (Å²) in [5, 5.41) is 13.2. The van der Waals surface area contributed by atoms with E-state index in [2.05, 4.69) is 15.4 Å². The van der Waals surface area contributed by atoms with Crippen LogP contribution in [-0.2, 0) is 27.7 Å². The number of halogens is 1. The number of sulfonamides is 1. The molecule has 3 aromatic rings. The van der Waals surface area contributed by atoms with Gasteiger partial charge in [0.2, 0.25) is 10.0 Å². The van der Waals surface area contributed by atoms with Crippen molar-refractivity contribution in [3.05, 3.63) is 71.6 Å². The summed E-state index contributed by atoms with van der Waals surface area (Å²) in [6.07, 6.45) is 2.96. The molecule has 1 saturated heterocycles. The lowest BCUT2D eigenvalue weighted by atomic mass is 9.98. The number of ether oxygens (including phenoxy) is 1. The van der Waals surface area contributed by atoms with E-state index in [0.29, 0.717) is 37.1 Å². The van der Waals surface area contributed by atoms with Crippen molar-refractivity contribution in [2.75, 3.05) is 13.2 Å². The molecule has 1 saturated carbocycles. The van der Waals surface area contributed by atoms with Crippen LogP contribution in [0.5, 0.6) is 0 Å². The highest BCUT2D eigenvalue weighted by Gasteiger charge is 2.40. The lowest BCUT2D eigenvalue weighted by Gasteiger charge is -2.17. The summed E-state index contributed by atoms with van der Waals surface area (Å²) >= 11 is 0. The van der Waals surface area contributed by atoms with E-state index < -0.39 is 15.8 Å². The first kappa shape index (κ1) is 22.1. The maximum atomic E-state index is 14.9. The first-order valence-electron chi connectivity index (χ1n) is 11.0. The first-order chi connectivity index (χ1) is 15.9. The maximum absolute atomic E-state index is 14.9. The molecule has 174 valence electrons. The third kappa shape index (κ3) is 4.98. The number of hydrogen-bond acceptors (Lipinski definition) is 6. The molecule has 0 spiro atoms. The third-order valence-corrected chi connectivity index (χ3v) is 7.18. The Bertz CT molecular complexity index is 1240. The van der Waals surface area contributed by atoms with E-state index in [1.54, 1.807) is 0 Å². The summed E-state index contributed by atoms with van der Waals surface area (Å²) in [5.74, 6) is 1.60. The smallest absolute Gasteiger partial charge is 0.238 e. The van der Waals surface area contributed by atoms with Crippen molar-refractivity contribution in [3.63, 3.8) is 0 Å². The van der Waals surface area contributed by atoms with Crippen LogP contribution < -0.4 is 10.5 Å². The largest absolute Gasteiger partial charge is 0.379 e. The summed E-state index contributed by atoms with van der Waals surface area (Å²) in [6.45, 7) is 1.89. The number of rotatable bonds is 8. The normalized spacial score (nSPS) is 20.9. The molecule has 33 heavy (non-hydrogen) atoms. The van der Waals surface area contributed by atoms with Gasteiger partial charge in [0.05, 0.1) is 24.7 Å². The Morgan fingerprint density at radius 1 is 1.15 bits per heavy atom. The van der Waals surface area contributed by atoms with Gasteiger partial charge in [0.15, 0.2) is 5.82 Å². The first-order valence-corrected chi connectivity index (χ1v) is 12.6. The molecule has 1 aliphatic heterocycles. The molecular formula is C23H26FN5O3S. The van der Waals surface area contributed by atoms with Gasteiger partial charge in [0.25, 0.3) is 0 Å². The number of nitrogens with two attached hydrogens (primary N) is 1. The Kier molecular flexibility index (Phi) is 6.00. The minimum Gasteiger partial charge on any atom is -0.379 e. The van der Waals surface area contributed by atoms with E-state index in [1.165, 1.54) is 29.7 Å². The molecule has 8 nitrogen and oxygen atoms in total. The van der Waals surface area contributed by atoms with Crippen LogP contribution in [0.3, 0.4) is 0 Å².